The van der Waals surface area contributed by atoms with Crippen LogP contribution in [0.25, 0.3) is 21.5 Å². The SMILES string of the molecule is CC(C)(C)OC(=O)N(CCCCNCCCCN)CCCN(Cc1c2ccccc2cc2ccccc12)C(=O)OC(C)(C)C. The van der Waals surface area contributed by atoms with Crippen LogP contribution in [-0.4, -0.2) is 72.5 Å². The van der Waals surface area contributed by atoms with Gasteiger partial charge in [0.05, 0.1) is 6.54 Å². The predicted octanol–water partition coefficient (Wildman–Crippen LogP) is 7.47. The van der Waals surface area contributed by atoms with Crippen LogP contribution in [0.1, 0.15) is 79.2 Å². The van der Waals surface area contributed by atoms with Crippen molar-refractivity contribution in [3.8, 4) is 0 Å². The van der Waals surface area contributed by atoms with Gasteiger partial charge in [-0.3, -0.25) is 0 Å². The van der Waals surface area contributed by atoms with E-state index in [0.717, 1.165) is 72.4 Å². The molecule has 3 aromatic rings. The smallest absolute Gasteiger partial charge is 0.410 e. The molecule has 0 bridgehead atoms. The highest BCUT2D eigenvalue weighted by Crippen LogP contribution is 2.30. The van der Waals surface area contributed by atoms with Crippen molar-refractivity contribution < 1.29 is 19.1 Å². The Morgan fingerprint density at radius 2 is 1.16 bits per heavy atom. The Morgan fingerprint density at radius 1 is 0.682 bits per heavy atom. The fraction of sp³-hybridized carbons (Fsp3) is 0.556. The van der Waals surface area contributed by atoms with Crippen molar-refractivity contribution in [2.24, 2.45) is 5.73 Å². The van der Waals surface area contributed by atoms with Crippen LogP contribution in [0.3, 0.4) is 0 Å². The van der Waals surface area contributed by atoms with E-state index >= 15 is 0 Å². The van der Waals surface area contributed by atoms with Crippen LogP contribution in [-0.2, 0) is 16.0 Å². The molecule has 0 aromatic heterocycles. The zero-order chi connectivity index (χ0) is 32.2. The van der Waals surface area contributed by atoms with Crippen LogP contribution in [0.4, 0.5) is 9.59 Å². The molecule has 0 heterocycles. The Labute approximate surface area is 264 Å². The van der Waals surface area contributed by atoms with Gasteiger partial charge in [-0.25, -0.2) is 9.59 Å². The normalized spacial score (nSPS) is 12.0. The molecule has 0 atom stereocenters. The molecular formula is C36H54N4O4. The lowest BCUT2D eigenvalue weighted by atomic mass is 9.96. The molecule has 3 N–H and O–H groups in total. The average Bonchev–Trinajstić information content (AvgIpc) is 2.94. The predicted molar refractivity (Wildman–Crippen MR) is 181 cm³/mol. The van der Waals surface area contributed by atoms with Crippen LogP contribution in [0.15, 0.2) is 54.6 Å². The molecule has 8 nitrogen and oxygen atoms in total. The molecule has 0 aliphatic heterocycles. The molecule has 0 aliphatic rings. The summed E-state index contributed by atoms with van der Waals surface area (Å²) in [6.07, 6.45) is 3.83. The lowest BCUT2D eigenvalue weighted by molar-refractivity contribution is 0.0194. The second kappa shape index (κ2) is 16.6. The molecule has 8 heteroatoms. The van der Waals surface area contributed by atoms with Gasteiger partial charge >= 0.3 is 12.2 Å². The zero-order valence-corrected chi connectivity index (χ0v) is 27.8. The minimum atomic E-state index is -0.628. The minimum absolute atomic E-state index is 0.322. The Hall–Kier alpha value is -3.36. The van der Waals surface area contributed by atoms with Gasteiger partial charge in [-0.2, -0.15) is 0 Å². The topological polar surface area (TPSA) is 97.1 Å². The Morgan fingerprint density at radius 3 is 1.70 bits per heavy atom. The van der Waals surface area contributed by atoms with E-state index in [1.54, 1.807) is 9.80 Å². The van der Waals surface area contributed by atoms with Crippen LogP contribution in [0, 0.1) is 0 Å². The molecule has 0 unspecified atom stereocenters. The summed E-state index contributed by atoms with van der Waals surface area (Å²) in [5, 5.41) is 7.95. The van der Waals surface area contributed by atoms with E-state index in [4.69, 9.17) is 15.2 Å². The van der Waals surface area contributed by atoms with Gasteiger partial charge in [0.2, 0.25) is 0 Å². The number of carbonyl (C=O) groups excluding carboxylic acids is 2. The number of amides is 2. The number of hydrogen-bond donors (Lipinski definition) is 2. The van der Waals surface area contributed by atoms with Gasteiger partial charge in [-0.15, -0.1) is 0 Å². The Bertz CT molecular complexity index is 1290. The van der Waals surface area contributed by atoms with Crippen molar-refractivity contribution in [3.63, 3.8) is 0 Å². The van der Waals surface area contributed by atoms with Gasteiger partial charge in [0.1, 0.15) is 11.2 Å². The zero-order valence-electron chi connectivity index (χ0n) is 27.8. The fourth-order valence-corrected chi connectivity index (χ4v) is 5.18. The molecule has 0 radical (unpaired) electrons. The van der Waals surface area contributed by atoms with E-state index in [1.807, 2.05) is 65.8 Å². The third-order valence-electron chi connectivity index (χ3n) is 7.23. The summed E-state index contributed by atoms with van der Waals surface area (Å²) in [6.45, 7) is 15.8. The summed E-state index contributed by atoms with van der Waals surface area (Å²) in [4.78, 5) is 30.3. The molecule has 242 valence electrons. The number of rotatable bonds is 15. The number of nitrogens with zero attached hydrogens (tertiary/aromatic N) is 2. The fourth-order valence-electron chi connectivity index (χ4n) is 5.18. The van der Waals surface area contributed by atoms with Crippen LogP contribution >= 0.6 is 0 Å². The quantitative estimate of drug-likeness (QED) is 0.138. The Kier molecular flexibility index (Phi) is 13.3. The van der Waals surface area contributed by atoms with E-state index in [1.165, 1.54) is 0 Å². The maximum absolute atomic E-state index is 13.6. The molecule has 2 amide bonds. The summed E-state index contributed by atoms with van der Waals surface area (Å²) in [5.41, 5.74) is 5.45. The van der Waals surface area contributed by atoms with Gasteiger partial charge in [-0.1, -0.05) is 48.5 Å². The third-order valence-corrected chi connectivity index (χ3v) is 7.23. The van der Waals surface area contributed by atoms with E-state index in [9.17, 15) is 9.59 Å². The number of benzene rings is 3. The molecule has 0 aliphatic carbocycles. The number of ether oxygens (including phenoxy) is 2. The van der Waals surface area contributed by atoms with Crippen molar-refractivity contribution in [3.05, 3.63) is 60.2 Å². The summed E-state index contributed by atoms with van der Waals surface area (Å²) in [6, 6.07) is 18.8. The highest BCUT2D eigenvalue weighted by molar-refractivity contribution is 6.02. The van der Waals surface area contributed by atoms with Crippen LogP contribution in [0.5, 0.6) is 0 Å². The molecule has 0 saturated carbocycles. The molecule has 44 heavy (non-hydrogen) atoms. The van der Waals surface area contributed by atoms with Gasteiger partial charge in [-0.05, 0) is 126 Å². The third kappa shape index (κ3) is 11.6. The first-order valence-electron chi connectivity index (χ1n) is 16.1. The number of fused-ring (bicyclic) bond motifs is 2. The van der Waals surface area contributed by atoms with E-state index < -0.39 is 11.2 Å². The first kappa shape index (κ1) is 35.1. The largest absolute Gasteiger partial charge is 0.444 e. The minimum Gasteiger partial charge on any atom is -0.444 e. The summed E-state index contributed by atoms with van der Waals surface area (Å²) in [7, 11) is 0. The number of unbranched alkanes of at least 4 members (excludes halogenated alkanes) is 2. The molecule has 0 saturated heterocycles. The van der Waals surface area contributed by atoms with Crippen molar-refractivity contribution >= 4 is 33.7 Å². The van der Waals surface area contributed by atoms with Crippen LogP contribution in [0.2, 0.25) is 0 Å². The summed E-state index contributed by atoms with van der Waals surface area (Å²) >= 11 is 0. The maximum Gasteiger partial charge on any atom is 0.410 e. The molecule has 0 spiro atoms. The summed E-state index contributed by atoms with van der Waals surface area (Å²) in [5.74, 6) is 0. The Balaban J connectivity index is 1.75. The van der Waals surface area contributed by atoms with Crippen LogP contribution < -0.4 is 11.1 Å². The van der Waals surface area contributed by atoms with E-state index in [2.05, 4.69) is 35.6 Å². The lowest BCUT2D eigenvalue weighted by Crippen LogP contribution is -2.41. The molecule has 0 fully saturated rings. The van der Waals surface area contributed by atoms with Gasteiger partial charge in [0.15, 0.2) is 0 Å². The van der Waals surface area contributed by atoms with Crippen molar-refractivity contribution in [1.29, 1.82) is 0 Å². The maximum atomic E-state index is 13.6. The van der Waals surface area contributed by atoms with Gasteiger partial charge in [0.25, 0.3) is 0 Å². The standard InChI is InChI=1S/C36H54N4O4/c1-35(2,3)43-33(41)39(23-14-13-22-38-21-12-11-20-37)24-15-25-40(34(42)44-36(4,5)6)27-32-30-18-9-7-16-28(30)26-29-17-8-10-19-31(29)32/h7-10,16-19,26,38H,11-15,20-25,27,37H2,1-6H3. The average molecular weight is 607 g/mol. The number of carbonyl (C=O) groups is 2. The van der Waals surface area contributed by atoms with Gasteiger partial charge < -0.3 is 30.3 Å². The second-order valence-corrected chi connectivity index (χ2v) is 13.5. The van der Waals surface area contributed by atoms with E-state index in [0.29, 0.717) is 32.6 Å². The first-order chi connectivity index (χ1) is 20.9. The lowest BCUT2D eigenvalue weighted by Gasteiger charge is -2.30. The number of nitrogens with two attached hydrogens (primary N) is 1. The van der Waals surface area contributed by atoms with E-state index in [-0.39, 0.29) is 12.2 Å². The van der Waals surface area contributed by atoms with Gasteiger partial charge in [0, 0.05) is 19.6 Å². The molecular weight excluding hydrogens is 552 g/mol. The highest BCUT2D eigenvalue weighted by Gasteiger charge is 2.25. The first-order valence-corrected chi connectivity index (χ1v) is 16.1. The summed E-state index contributed by atoms with van der Waals surface area (Å²) < 4.78 is 11.6. The highest BCUT2D eigenvalue weighted by atomic mass is 16.6. The van der Waals surface area contributed by atoms with Crippen molar-refractivity contribution in [2.45, 2.75) is 91.4 Å². The van der Waals surface area contributed by atoms with Crippen molar-refractivity contribution in [1.82, 2.24) is 15.1 Å². The number of hydrogen-bond acceptors (Lipinski definition) is 6. The van der Waals surface area contributed by atoms with Crippen molar-refractivity contribution in [2.75, 3.05) is 39.3 Å². The number of nitrogens with one attached hydrogen (secondary N) is 1. The molecule has 3 rings (SSSR count). The monoisotopic (exact) mass is 606 g/mol. The second-order valence-electron chi connectivity index (χ2n) is 13.5. The molecule has 3 aromatic carbocycles.